The molecule has 0 aliphatic heterocycles. The van der Waals surface area contributed by atoms with Gasteiger partial charge in [-0.3, -0.25) is 38.4 Å². The molecule has 0 radical (unpaired) electrons. The summed E-state index contributed by atoms with van der Waals surface area (Å²) < 4.78 is 0. The van der Waals surface area contributed by atoms with Crippen molar-refractivity contribution in [2.24, 2.45) is 53.1 Å². The summed E-state index contributed by atoms with van der Waals surface area (Å²) in [6.07, 6.45) is -3.19. The number of unbranched alkanes of at least 4 members (excludes halogenated alkanes) is 1. The molecular weight excluding hydrogens is 817 g/mol. The first kappa shape index (κ1) is 43.8. The van der Waals surface area contributed by atoms with E-state index in [1.54, 1.807) is 25.1 Å². The highest BCUT2D eigenvalue weighted by Crippen LogP contribution is 2.54. The fraction of sp³-hybridized carbons (Fsp3) is 0.489. The van der Waals surface area contributed by atoms with E-state index >= 15 is 0 Å². The Morgan fingerprint density at radius 1 is 0.778 bits per heavy atom. The van der Waals surface area contributed by atoms with Crippen LogP contribution in [0.2, 0.25) is 0 Å². The van der Waals surface area contributed by atoms with E-state index in [1.807, 2.05) is 0 Å². The van der Waals surface area contributed by atoms with Crippen LogP contribution in [0.3, 0.4) is 0 Å². The van der Waals surface area contributed by atoms with Crippen LogP contribution in [-0.2, 0) is 41.6 Å². The van der Waals surface area contributed by atoms with Crippen LogP contribution in [0, 0.1) is 71.0 Å². The maximum absolute atomic E-state index is 14.1. The highest BCUT2D eigenvalue weighted by molar-refractivity contribution is 6.31. The van der Waals surface area contributed by atoms with Gasteiger partial charge in [-0.25, -0.2) is 0 Å². The SMILES string of the molecule is CC(=O)C1C(=O)[C@@]2(O)C(O)C3C(=O)c4c(O)ccc(C#CCCC#Cc5ccc(O)c6c5C[C@H]5C[C@H]7CC(=O)C(C(N)=O)C(=O)[C@@]7(O)C(=O)C5C6=O)c4C[C@H]3C[C@H]2[C@H](N(C)C)C1O. The lowest BCUT2D eigenvalue weighted by atomic mass is 9.51. The molecule has 4 fully saturated rings. The zero-order valence-electron chi connectivity index (χ0n) is 34.6. The lowest BCUT2D eigenvalue weighted by molar-refractivity contribution is -0.217. The molecular formula is C47H46N2O14. The fourth-order valence-electron chi connectivity index (χ4n) is 11.8. The number of phenols is 2. The van der Waals surface area contributed by atoms with Crippen molar-refractivity contribution in [3.63, 3.8) is 0 Å². The monoisotopic (exact) mass is 862 g/mol. The molecule has 63 heavy (non-hydrogen) atoms. The van der Waals surface area contributed by atoms with Gasteiger partial charge in [0.05, 0.1) is 29.1 Å². The maximum atomic E-state index is 14.1. The Hall–Kier alpha value is -5.88. The molecule has 0 aromatic heterocycles. The second-order valence-electron chi connectivity index (χ2n) is 18.2. The summed E-state index contributed by atoms with van der Waals surface area (Å²) in [7, 11) is 3.26. The number of nitrogens with two attached hydrogens (primary N) is 1. The summed E-state index contributed by atoms with van der Waals surface area (Å²) in [4.78, 5) is 107. The minimum atomic E-state index is -2.75. The highest BCUT2D eigenvalue weighted by Gasteiger charge is 2.69. The Morgan fingerprint density at radius 3 is 1.87 bits per heavy atom. The number of carbonyl (C=O) groups excluding carboxylic acids is 8. The van der Waals surface area contributed by atoms with Crippen LogP contribution in [0.1, 0.15) is 82.0 Å². The van der Waals surface area contributed by atoms with Gasteiger partial charge in [0, 0.05) is 48.3 Å². The standard InChI is InChI=1S/C47H46N2O14/c1-19(50)31-40(56)37(49(2)3)27-17-23-16-26-21(11-13-29(52)35(26)39(55)33(23)43(59)47(27,63)41(31)57)9-7-5-4-6-8-20-10-12-28(51)34-25(20)15-22-14-24-18-30(53)36(45(48)61)44(60)46(24,62)42(58)32(22)38(34)54/h10-13,22-24,27,31-33,36-37,40,43,51-52,56,59,62-63H,4-5,14-18H2,1-3H3,(H2,48,61)/t22-,23+,24+,27+,31?,32?,33?,36?,37+,40?,43?,46+,47-/m1/s1. The lowest BCUT2D eigenvalue weighted by Gasteiger charge is -2.58. The number of aliphatic hydroxyl groups is 4. The Kier molecular flexibility index (Phi) is 10.7. The smallest absolute Gasteiger partial charge is 0.235 e. The molecule has 0 heterocycles. The van der Waals surface area contributed by atoms with Gasteiger partial charge in [-0.1, -0.05) is 23.7 Å². The van der Waals surface area contributed by atoms with Crippen molar-refractivity contribution in [2.45, 2.75) is 81.3 Å². The van der Waals surface area contributed by atoms with Gasteiger partial charge in [0.15, 0.2) is 51.8 Å². The van der Waals surface area contributed by atoms with E-state index < -0.39 is 135 Å². The zero-order valence-corrected chi connectivity index (χ0v) is 34.6. The second kappa shape index (κ2) is 15.4. The van der Waals surface area contributed by atoms with Crippen LogP contribution in [0.4, 0.5) is 0 Å². The number of hydrogen-bond acceptors (Lipinski definition) is 15. The van der Waals surface area contributed by atoms with Crippen molar-refractivity contribution in [2.75, 3.05) is 14.1 Å². The van der Waals surface area contributed by atoms with E-state index in [0.717, 1.165) is 6.92 Å². The fourth-order valence-corrected chi connectivity index (χ4v) is 11.8. The minimum Gasteiger partial charge on any atom is -0.507 e. The van der Waals surface area contributed by atoms with Gasteiger partial charge in [0.1, 0.15) is 29.3 Å². The molecule has 0 spiro atoms. The Morgan fingerprint density at radius 2 is 1.33 bits per heavy atom. The van der Waals surface area contributed by atoms with Crippen molar-refractivity contribution >= 4 is 46.4 Å². The van der Waals surface area contributed by atoms with Crippen molar-refractivity contribution in [1.82, 2.24) is 4.90 Å². The molecule has 328 valence electrons. The van der Waals surface area contributed by atoms with Gasteiger partial charge in [0.2, 0.25) is 5.91 Å². The summed E-state index contributed by atoms with van der Waals surface area (Å²) in [5.41, 5.74) is 1.35. The van der Waals surface area contributed by atoms with Crippen molar-refractivity contribution < 1.29 is 69.0 Å². The van der Waals surface area contributed by atoms with Gasteiger partial charge in [-0.05, 0) is 93.9 Å². The van der Waals surface area contributed by atoms with Crippen LogP contribution in [-0.4, -0.2) is 125 Å². The van der Waals surface area contributed by atoms with Gasteiger partial charge in [-0.15, -0.1) is 0 Å². The maximum Gasteiger partial charge on any atom is 0.235 e. The van der Waals surface area contributed by atoms with Gasteiger partial charge in [0.25, 0.3) is 0 Å². The van der Waals surface area contributed by atoms with Gasteiger partial charge in [-0.2, -0.15) is 0 Å². The number of aliphatic hydroxyl groups excluding tert-OH is 2. The third-order valence-electron chi connectivity index (χ3n) is 14.6. The molecule has 1 amide bonds. The molecule has 0 saturated heterocycles. The minimum absolute atomic E-state index is 0.0432. The molecule has 16 nitrogen and oxygen atoms in total. The number of phenolic OH excluding ortho intramolecular Hbond substituents is 2. The van der Waals surface area contributed by atoms with Crippen LogP contribution in [0.25, 0.3) is 0 Å². The van der Waals surface area contributed by atoms with Crippen LogP contribution >= 0.6 is 0 Å². The molecule has 0 bridgehead atoms. The highest BCUT2D eigenvalue weighted by atomic mass is 16.4. The quantitative estimate of drug-likeness (QED) is 0.115. The van der Waals surface area contributed by atoms with E-state index in [2.05, 4.69) is 23.7 Å². The van der Waals surface area contributed by atoms with E-state index in [9.17, 15) is 69.0 Å². The molecule has 2 aromatic carbocycles. The molecule has 4 saturated carbocycles. The summed E-state index contributed by atoms with van der Waals surface area (Å²) in [5, 5.41) is 68.0. The molecule has 6 unspecified atom stereocenters. The largest absolute Gasteiger partial charge is 0.507 e. The number of hydrogen-bond donors (Lipinski definition) is 7. The van der Waals surface area contributed by atoms with Gasteiger partial charge >= 0.3 is 0 Å². The average Bonchev–Trinajstić information content (AvgIpc) is 3.20. The van der Waals surface area contributed by atoms with Crippen molar-refractivity contribution in [3.05, 3.63) is 57.6 Å². The van der Waals surface area contributed by atoms with Crippen LogP contribution < -0.4 is 5.73 Å². The molecule has 6 aliphatic carbocycles. The van der Waals surface area contributed by atoms with E-state index in [-0.39, 0.29) is 55.4 Å². The number of carbonyl (C=O) groups is 8. The number of amides is 1. The Balaban J connectivity index is 1.02. The van der Waals surface area contributed by atoms with E-state index in [1.165, 1.54) is 18.2 Å². The molecule has 2 aromatic rings. The predicted octanol–water partition coefficient (Wildman–Crippen LogP) is -0.622. The first-order chi connectivity index (χ1) is 29.7. The van der Waals surface area contributed by atoms with Gasteiger partial charge < -0.3 is 41.3 Å². The van der Waals surface area contributed by atoms with Crippen LogP contribution in [0.15, 0.2) is 24.3 Å². The number of fused-ring (bicyclic) bond motifs is 6. The van der Waals surface area contributed by atoms with Crippen molar-refractivity contribution in [1.29, 1.82) is 0 Å². The third-order valence-corrected chi connectivity index (χ3v) is 14.6. The van der Waals surface area contributed by atoms with E-state index in [4.69, 9.17) is 5.73 Å². The molecule has 13 atom stereocenters. The topological polar surface area (TPSA) is 287 Å². The van der Waals surface area contributed by atoms with Crippen molar-refractivity contribution in [3.8, 4) is 35.2 Å². The normalized spacial score (nSPS) is 35.4. The number of Topliss-reactive ketones (excluding diaryl/α,β-unsaturated/α-hetero) is 7. The molecule has 8 rings (SSSR count). The Labute approximate surface area is 360 Å². The Bertz CT molecular complexity index is 2590. The third kappa shape index (κ3) is 6.33. The molecule has 16 heteroatoms. The van der Waals surface area contributed by atoms with Crippen LogP contribution in [0.5, 0.6) is 11.5 Å². The zero-order chi connectivity index (χ0) is 45.8. The summed E-state index contributed by atoms with van der Waals surface area (Å²) in [6.45, 7) is 1.12. The first-order valence-corrected chi connectivity index (χ1v) is 20.9. The first-order valence-electron chi connectivity index (χ1n) is 20.9. The number of ketones is 7. The lowest BCUT2D eigenvalue weighted by Crippen LogP contribution is -2.75. The predicted molar refractivity (Wildman–Crippen MR) is 216 cm³/mol. The number of primary amides is 1. The molecule has 8 N–H and O–H groups in total. The molecule has 6 aliphatic rings. The second-order valence-corrected chi connectivity index (χ2v) is 18.2. The summed E-state index contributed by atoms with van der Waals surface area (Å²) in [6, 6.07) is 4.72. The number of benzene rings is 2. The number of nitrogens with zero attached hydrogens (tertiary/aromatic N) is 1. The summed E-state index contributed by atoms with van der Waals surface area (Å²) >= 11 is 0. The average molecular weight is 863 g/mol. The summed E-state index contributed by atoms with van der Waals surface area (Å²) in [5.74, 6) is -6.37. The number of rotatable bonds is 4. The number of likely N-dealkylation sites (N-methyl/N-ethyl adjacent to an activating group) is 1. The number of aromatic hydroxyl groups is 2. The van der Waals surface area contributed by atoms with E-state index in [0.29, 0.717) is 22.3 Å².